The van der Waals surface area contributed by atoms with Crippen molar-refractivity contribution < 1.29 is 5.11 Å². The molecule has 0 aliphatic rings. The number of imidazole rings is 1. The molecular weight excluding hydrogens is 154 g/mol. The van der Waals surface area contributed by atoms with Crippen molar-refractivity contribution in [1.29, 1.82) is 5.26 Å². The van der Waals surface area contributed by atoms with Crippen LogP contribution in [0.4, 0.5) is 0 Å². The average molecular weight is 159 g/mol. The molecule has 1 N–H and O–H groups in total. The van der Waals surface area contributed by atoms with Crippen LogP contribution in [0.15, 0.2) is 24.5 Å². The van der Waals surface area contributed by atoms with Crippen LogP contribution in [0, 0.1) is 11.3 Å². The van der Waals surface area contributed by atoms with Crippen LogP contribution < -0.4 is 0 Å². The molecule has 0 bridgehead atoms. The second-order valence-corrected chi connectivity index (χ2v) is 2.37. The average Bonchev–Trinajstić information content (AvgIpc) is 2.47. The predicted octanol–water partition coefficient (Wildman–Crippen LogP) is 0.912. The maximum absolute atomic E-state index is 9.19. The molecule has 0 aromatic carbocycles. The second kappa shape index (κ2) is 2.24. The van der Waals surface area contributed by atoms with E-state index in [1.807, 2.05) is 6.07 Å². The number of hydrogen-bond donors (Lipinski definition) is 1. The van der Waals surface area contributed by atoms with Crippen molar-refractivity contribution in [2.75, 3.05) is 0 Å². The zero-order chi connectivity index (χ0) is 8.55. The Bertz CT molecular complexity index is 467. The van der Waals surface area contributed by atoms with E-state index in [0.29, 0.717) is 11.2 Å². The molecule has 58 valence electrons. The first kappa shape index (κ1) is 6.68. The van der Waals surface area contributed by atoms with Gasteiger partial charge in [0.2, 0.25) is 5.88 Å². The lowest BCUT2D eigenvalue weighted by molar-refractivity contribution is 0.448. The van der Waals surface area contributed by atoms with Gasteiger partial charge in [0.25, 0.3) is 0 Å². The molecule has 0 spiro atoms. The molecule has 0 amide bonds. The van der Waals surface area contributed by atoms with Crippen molar-refractivity contribution in [1.82, 2.24) is 9.38 Å². The SMILES string of the molecule is N#Cc1ccn2c(O)cnc2c1. The highest BCUT2D eigenvalue weighted by molar-refractivity contribution is 5.47. The van der Waals surface area contributed by atoms with Crippen molar-refractivity contribution in [3.05, 3.63) is 30.1 Å². The van der Waals surface area contributed by atoms with Crippen LogP contribution in [0.3, 0.4) is 0 Å². The van der Waals surface area contributed by atoms with E-state index in [2.05, 4.69) is 4.98 Å². The van der Waals surface area contributed by atoms with E-state index in [-0.39, 0.29) is 5.88 Å². The number of hydrogen-bond acceptors (Lipinski definition) is 3. The largest absolute Gasteiger partial charge is 0.493 e. The molecule has 2 aromatic rings. The highest BCUT2D eigenvalue weighted by Gasteiger charge is 2.00. The van der Waals surface area contributed by atoms with Gasteiger partial charge in [0, 0.05) is 6.20 Å². The number of fused-ring (bicyclic) bond motifs is 1. The van der Waals surface area contributed by atoms with E-state index in [0.717, 1.165) is 0 Å². The fourth-order valence-electron chi connectivity index (χ4n) is 1.04. The molecule has 2 aromatic heterocycles. The Kier molecular flexibility index (Phi) is 1.25. The zero-order valence-electron chi connectivity index (χ0n) is 6.10. The number of rotatable bonds is 0. The topological polar surface area (TPSA) is 61.3 Å². The molecule has 4 nitrogen and oxygen atoms in total. The second-order valence-electron chi connectivity index (χ2n) is 2.37. The van der Waals surface area contributed by atoms with Crippen molar-refractivity contribution in [2.24, 2.45) is 0 Å². The van der Waals surface area contributed by atoms with Crippen molar-refractivity contribution in [2.45, 2.75) is 0 Å². The summed E-state index contributed by atoms with van der Waals surface area (Å²) in [5.74, 6) is 0.0782. The summed E-state index contributed by atoms with van der Waals surface area (Å²) < 4.78 is 1.50. The summed E-state index contributed by atoms with van der Waals surface area (Å²) in [5.41, 5.74) is 1.11. The molecule has 2 heterocycles. The lowest BCUT2D eigenvalue weighted by atomic mass is 10.3. The minimum absolute atomic E-state index is 0.0782. The smallest absolute Gasteiger partial charge is 0.215 e. The summed E-state index contributed by atoms with van der Waals surface area (Å²) in [4.78, 5) is 3.89. The first-order valence-electron chi connectivity index (χ1n) is 3.37. The molecule has 0 fully saturated rings. The first-order chi connectivity index (χ1) is 5.81. The molecule has 0 aliphatic heterocycles. The Morgan fingerprint density at radius 1 is 1.58 bits per heavy atom. The van der Waals surface area contributed by atoms with Gasteiger partial charge in [-0.25, -0.2) is 4.98 Å². The van der Waals surface area contributed by atoms with Gasteiger partial charge in [0.15, 0.2) is 0 Å². The highest BCUT2D eigenvalue weighted by Crippen LogP contribution is 2.12. The Hall–Kier alpha value is -2.02. The van der Waals surface area contributed by atoms with Gasteiger partial charge >= 0.3 is 0 Å². The van der Waals surface area contributed by atoms with Crippen LogP contribution in [0.25, 0.3) is 5.65 Å². The minimum atomic E-state index is 0.0782. The summed E-state index contributed by atoms with van der Waals surface area (Å²) >= 11 is 0. The summed E-state index contributed by atoms with van der Waals surface area (Å²) in [7, 11) is 0. The van der Waals surface area contributed by atoms with Crippen molar-refractivity contribution in [3.63, 3.8) is 0 Å². The van der Waals surface area contributed by atoms with E-state index in [1.54, 1.807) is 18.3 Å². The quantitative estimate of drug-likeness (QED) is 0.621. The molecule has 0 saturated heterocycles. The Morgan fingerprint density at radius 2 is 2.42 bits per heavy atom. The number of nitrogens with zero attached hydrogens (tertiary/aromatic N) is 3. The normalized spacial score (nSPS) is 9.92. The fourth-order valence-corrected chi connectivity index (χ4v) is 1.04. The number of pyridine rings is 1. The van der Waals surface area contributed by atoms with E-state index >= 15 is 0 Å². The summed E-state index contributed by atoms with van der Waals surface area (Å²) in [6.07, 6.45) is 2.95. The van der Waals surface area contributed by atoms with Gasteiger partial charge in [-0.2, -0.15) is 5.26 Å². The Morgan fingerprint density at radius 3 is 3.17 bits per heavy atom. The standard InChI is InChI=1S/C8H5N3O/c9-4-6-1-2-11-7(3-6)10-5-8(11)12/h1-3,5,12H. The van der Waals surface area contributed by atoms with Crippen LogP contribution in [-0.4, -0.2) is 14.5 Å². The molecule has 2 rings (SSSR count). The van der Waals surface area contributed by atoms with Crippen LogP contribution >= 0.6 is 0 Å². The zero-order valence-corrected chi connectivity index (χ0v) is 6.10. The lowest BCUT2D eigenvalue weighted by Crippen LogP contribution is -1.84. The van der Waals surface area contributed by atoms with Gasteiger partial charge in [-0.3, -0.25) is 4.40 Å². The first-order valence-corrected chi connectivity index (χ1v) is 3.37. The van der Waals surface area contributed by atoms with Gasteiger partial charge in [0.1, 0.15) is 5.65 Å². The van der Waals surface area contributed by atoms with Crippen molar-refractivity contribution >= 4 is 5.65 Å². The maximum Gasteiger partial charge on any atom is 0.215 e. The summed E-state index contributed by atoms with van der Waals surface area (Å²) in [6, 6.07) is 5.22. The van der Waals surface area contributed by atoms with Crippen LogP contribution in [0.2, 0.25) is 0 Å². The molecule has 0 atom stereocenters. The summed E-state index contributed by atoms with van der Waals surface area (Å²) in [5, 5.41) is 17.7. The van der Waals surface area contributed by atoms with E-state index in [4.69, 9.17) is 5.26 Å². The molecule has 0 radical (unpaired) electrons. The Balaban J connectivity index is 2.80. The Labute approximate surface area is 68.3 Å². The highest BCUT2D eigenvalue weighted by atomic mass is 16.3. The summed E-state index contributed by atoms with van der Waals surface area (Å²) in [6.45, 7) is 0. The number of nitriles is 1. The molecule has 12 heavy (non-hydrogen) atoms. The molecule has 0 unspecified atom stereocenters. The molecule has 0 aliphatic carbocycles. The molecular formula is C8H5N3O. The fraction of sp³-hybridized carbons (Fsp3) is 0. The van der Waals surface area contributed by atoms with Gasteiger partial charge < -0.3 is 5.11 Å². The minimum Gasteiger partial charge on any atom is -0.493 e. The van der Waals surface area contributed by atoms with Gasteiger partial charge in [-0.05, 0) is 12.1 Å². The lowest BCUT2D eigenvalue weighted by Gasteiger charge is -1.93. The van der Waals surface area contributed by atoms with Crippen LogP contribution in [-0.2, 0) is 0 Å². The van der Waals surface area contributed by atoms with Crippen LogP contribution in [0.5, 0.6) is 5.88 Å². The third-order valence-corrected chi connectivity index (χ3v) is 1.62. The van der Waals surface area contributed by atoms with E-state index in [1.165, 1.54) is 10.6 Å². The number of aromatic hydroxyl groups is 1. The predicted molar refractivity (Wildman–Crippen MR) is 41.6 cm³/mol. The third-order valence-electron chi connectivity index (χ3n) is 1.62. The van der Waals surface area contributed by atoms with Crippen molar-refractivity contribution in [3.8, 4) is 11.9 Å². The van der Waals surface area contributed by atoms with Gasteiger partial charge in [-0.15, -0.1) is 0 Å². The number of aromatic nitrogens is 2. The van der Waals surface area contributed by atoms with Crippen LogP contribution in [0.1, 0.15) is 5.56 Å². The third kappa shape index (κ3) is 0.805. The monoisotopic (exact) mass is 159 g/mol. The molecule has 4 heteroatoms. The maximum atomic E-state index is 9.19. The van der Waals surface area contributed by atoms with E-state index in [9.17, 15) is 5.11 Å². The van der Waals surface area contributed by atoms with E-state index < -0.39 is 0 Å². The molecule has 0 saturated carbocycles. The van der Waals surface area contributed by atoms with Gasteiger partial charge in [0.05, 0.1) is 17.8 Å². The van der Waals surface area contributed by atoms with Gasteiger partial charge in [-0.1, -0.05) is 0 Å².